The zero-order valence-electron chi connectivity index (χ0n) is 10.2. The molecule has 1 rings (SSSR count). The van der Waals surface area contributed by atoms with Gasteiger partial charge in [0.15, 0.2) is 0 Å². The van der Waals surface area contributed by atoms with Crippen molar-refractivity contribution in [1.29, 1.82) is 0 Å². The van der Waals surface area contributed by atoms with Crippen molar-refractivity contribution < 1.29 is 4.21 Å². The average Bonchev–Trinajstić information content (AvgIpc) is 2.68. The lowest BCUT2D eigenvalue weighted by molar-refractivity contribution is 0.453. The first-order valence-corrected chi connectivity index (χ1v) is 8.31. The van der Waals surface area contributed by atoms with E-state index in [2.05, 4.69) is 36.7 Å². The molecule has 3 unspecified atom stereocenters. The van der Waals surface area contributed by atoms with Gasteiger partial charge in [0, 0.05) is 39.8 Å². The number of thiophene rings is 1. The second-order valence-electron chi connectivity index (χ2n) is 4.20. The summed E-state index contributed by atoms with van der Waals surface area (Å²) in [4.78, 5) is 1.42. The smallest absolute Gasteiger partial charge is 0.0383 e. The standard InChI is InChI=1S/C12H21NOS2/c1-4-11(8-12-6-5-7-15-12)13-10(2)9-16(3)14/h5-7,10-11,13H,4,8-9H2,1-3H3. The average molecular weight is 259 g/mol. The van der Waals surface area contributed by atoms with Crippen LogP contribution in [0.15, 0.2) is 17.5 Å². The first kappa shape index (κ1) is 13.9. The van der Waals surface area contributed by atoms with Crippen molar-refractivity contribution in [3.8, 4) is 0 Å². The maximum atomic E-state index is 11.1. The van der Waals surface area contributed by atoms with E-state index < -0.39 is 10.8 Å². The van der Waals surface area contributed by atoms with E-state index in [0.717, 1.165) is 18.6 Å². The first-order chi connectivity index (χ1) is 7.61. The van der Waals surface area contributed by atoms with Crippen LogP contribution in [-0.4, -0.2) is 28.3 Å². The summed E-state index contributed by atoms with van der Waals surface area (Å²) in [6.07, 6.45) is 3.95. The Morgan fingerprint density at radius 3 is 2.81 bits per heavy atom. The van der Waals surface area contributed by atoms with Gasteiger partial charge in [0.1, 0.15) is 0 Å². The van der Waals surface area contributed by atoms with Gasteiger partial charge in [-0.1, -0.05) is 13.0 Å². The van der Waals surface area contributed by atoms with E-state index in [4.69, 9.17) is 0 Å². The van der Waals surface area contributed by atoms with E-state index in [1.165, 1.54) is 4.88 Å². The number of hydrogen-bond donors (Lipinski definition) is 1. The largest absolute Gasteiger partial charge is 0.310 e. The van der Waals surface area contributed by atoms with Crippen molar-refractivity contribution in [2.45, 2.75) is 38.8 Å². The quantitative estimate of drug-likeness (QED) is 0.815. The fraction of sp³-hybridized carbons (Fsp3) is 0.667. The highest BCUT2D eigenvalue weighted by Crippen LogP contribution is 2.12. The zero-order valence-corrected chi connectivity index (χ0v) is 11.9. The molecule has 92 valence electrons. The lowest BCUT2D eigenvalue weighted by Gasteiger charge is -2.21. The van der Waals surface area contributed by atoms with E-state index >= 15 is 0 Å². The van der Waals surface area contributed by atoms with Gasteiger partial charge in [0.2, 0.25) is 0 Å². The lowest BCUT2D eigenvalue weighted by Crippen LogP contribution is -2.40. The van der Waals surface area contributed by atoms with Crippen molar-refractivity contribution in [3.63, 3.8) is 0 Å². The first-order valence-electron chi connectivity index (χ1n) is 5.70. The monoisotopic (exact) mass is 259 g/mol. The van der Waals surface area contributed by atoms with Gasteiger partial charge in [0.25, 0.3) is 0 Å². The summed E-state index contributed by atoms with van der Waals surface area (Å²) in [5, 5.41) is 5.67. The summed E-state index contributed by atoms with van der Waals surface area (Å²) in [5.74, 6) is 0.737. The molecular formula is C12H21NOS2. The van der Waals surface area contributed by atoms with E-state index in [0.29, 0.717) is 12.1 Å². The van der Waals surface area contributed by atoms with E-state index in [1.807, 2.05) is 11.3 Å². The summed E-state index contributed by atoms with van der Waals surface area (Å²) < 4.78 is 11.1. The highest BCUT2D eigenvalue weighted by molar-refractivity contribution is 7.84. The van der Waals surface area contributed by atoms with Crippen LogP contribution in [0.3, 0.4) is 0 Å². The van der Waals surface area contributed by atoms with Crippen LogP contribution in [0.25, 0.3) is 0 Å². The van der Waals surface area contributed by atoms with Crippen LogP contribution in [0.1, 0.15) is 25.1 Å². The Balaban J connectivity index is 2.39. The predicted molar refractivity (Wildman–Crippen MR) is 73.6 cm³/mol. The van der Waals surface area contributed by atoms with Gasteiger partial charge < -0.3 is 5.32 Å². The molecule has 1 aromatic rings. The van der Waals surface area contributed by atoms with E-state index in [-0.39, 0.29) is 0 Å². The van der Waals surface area contributed by atoms with Gasteiger partial charge in [-0.3, -0.25) is 4.21 Å². The molecule has 2 nitrogen and oxygen atoms in total. The summed E-state index contributed by atoms with van der Waals surface area (Å²) in [6, 6.07) is 5.10. The molecule has 0 fully saturated rings. The van der Waals surface area contributed by atoms with Crippen LogP contribution in [0.2, 0.25) is 0 Å². The molecule has 0 radical (unpaired) electrons. The van der Waals surface area contributed by atoms with Gasteiger partial charge >= 0.3 is 0 Å². The summed E-state index contributed by atoms with van der Waals surface area (Å²) in [6.45, 7) is 4.30. The second-order valence-corrected chi connectivity index (χ2v) is 6.71. The Morgan fingerprint density at radius 1 is 1.56 bits per heavy atom. The summed E-state index contributed by atoms with van der Waals surface area (Å²) in [7, 11) is -0.713. The SMILES string of the molecule is CCC(Cc1cccs1)NC(C)CS(C)=O. The fourth-order valence-corrected chi connectivity index (χ4v) is 3.38. The van der Waals surface area contributed by atoms with Crippen molar-refractivity contribution in [1.82, 2.24) is 5.32 Å². The fourth-order valence-electron chi connectivity index (χ4n) is 1.80. The maximum Gasteiger partial charge on any atom is 0.0383 e. The van der Waals surface area contributed by atoms with E-state index in [1.54, 1.807) is 6.26 Å². The van der Waals surface area contributed by atoms with Crippen LogP contribution in [0.5, 0.6) is 0 Å². The molecule has 0 saturated carbocycles. The van der Waals surface area contributed by atoms with Crippen LogP contribution < -0.4 is 5.32 Å². The molecule has 0 aliphatic rings. The zero-order chi connectivity index (χ0) is 12.0. The Morgan fingerprint density at radius 2 is 2.31 bits per heavy atom. The van der Waals surface area contributed by atoms with Crippen molar-refractivity contribution in [3.05, 3.63) is 22.4 Å². The molecule has 0 saturated heterocycles. The molecule has 0 aliphatic heterocycles. The van der Waals surface area contributed by atoms with Gasteiger partial charge in [-0.05, 0) is 31.2 Å². The molecule has 1 aromatic heterocycles. The van der Waals surface area contributed by atoms with Crippen LogP contribution in [0, 0.1) is 0 Å². The molecule has 1 N–H and O–H groups in total. The second kappa shape index (κ2) is 7.20. The van der Waals surface area contributed by atoms with Crippen molar-refractivity contribution in [2.24, 2.45) is 0 Å². The van der Waals surface area contributed by atoms with Gasteiger partial charge in [0.05, 0.1) is 0 Å². The molecule has 0 amide bonds. The molecule has 1 heterocycles. The molecule has 3 atom stereocenters. The molecular weight excluding hydrogens is 238 g/mol. The molecule has 0 aliphatic carbocycles. The Kier molecular flexibility index (Phi) is 6.24. The normalized spacial score (nSPS) is 16.9. The molecule has 0 aromatic carbocycles. The minimum absolute atomic E-state index is 0.329. The molecule has 0 spiro atoms. The van der Waals surface area contributed by atoms with Gasteiger partial charge in [-0.15, -0.1) is 11.3 Å². The molecule has 4 heteroatoms. The third kappa shape index (κ3) is 5.23. The Labute approximate surface area is 105 Å². The Bertz CT molecular complexity index is 311. The van der Waals surface area contributed by atoms with Crippen LogP contribution in [-0.2, 0) is 17.2 Å². The summed E-state index contributed by atoms with van der Waals surface area (Å²) >= 11 is 1.81. The molecule has 16 heavy (non-hydrogen) atoms. The highest BCUT2D eigenvalue weighted by Gasteiger charge is 2.12. The van der Waals surface area contributed by atoms with Crippen LogP contribution in [0.4, 0.5) is 0 Å². The third-order valence-electron chi connectivity index (χ3n) is 2.53. The minimum atomic E-state index is -0.713. The van der Waals surface area contributed by atoms with Gasteiger partial charge in [-0.25, -0.2) is 0 Å². The van der Waals surface area contributed by atoms with E-state index in [9.17, 15) is 4.21 Å². The van der Waals surface area contributed by atoms with Crippen molar-refractivity contribution in [2.75, 3.05) is 12.0 Å². The summed E-state index contributed by atoms with van der Waals surface area (Å²) in [5.41, 5.74) is 0. The molecule has 0 bridgehead atoms. The van der Waals surface area contributed by atoms with Crippen LogP contribution >= 0.6 is 11.3 Å². The minimum Gasteiger partial charge on any atom is -0.310 e. The Hall–Kier alpha value is -0.190. The highest BCUT2D eigenvalue weighted by atomic mass is 32.2. The van der Waals surface area contributed by atoms with Crippen molar-refractivity contribution >= 4 is 22.1 Å². The number of hydrogen-bond acceptors (Lipinski definition) is 3. The third-order valence-corrected chi connectivity index (χ3v) is 4.39. The predicted octanol–water partition coefficient (Wildman–Crippen LogP) is 2.43. The lowest BCUT2D eigenvalue weighted by atomic mass is 10.1. The van der Waals surface area contributed by atoms with Gasteiger partial charge in [-0.2, -0.15) is 0 Å². The maximum absolute atomic E-state index is 11.1. The number of nitrogens with one attached hydrogen (secondary N) is 1. The topological polar surface area (TPSA) is 29.1 Å². The number of rotatable bonds is 7.